The van der Waals surface area contributed by atoms with E-state index in [4.69, 9.17) is 9.97 Å². The van der Waals surface area contributed by atoms with E-state index in [0.29, 0.717) is 12.0 Å². The quantitative estimate of drug-likeness (QED) is 0.641. The largest absolute Gasteiger partial charge is 0.351 e. The average Bonchev–Trinajstić information content (AvgIpc) is 3.45. The Labute approximate surface area is 179 Å². The predicted molar refractivity (Wildman–Crippen MR) is 119 cm³/mol. The molecule has 8 heteroatoms. The summed E-state index contributed by atoms with van der Waals surface area (Å²) in [5, 5.41) is 7.84. The number of halogens is 1. The van der Waals surface area contributed by atoms with Crippen LogP contribution in [0.15, 0.2) is 36.5 Å². The summed E-state index contributed by atoms with van der Waals surface area (Å²) in [7, 11) is 0. The van der Waals surface area contributed by atoms with Gasteiger partial charge in [0.2, 0.25) is 5.95 Å². The van der Waals surface area contributed by atoms with Crippen molar-refractivity contribution in [1.29, 1.82) is 0 Å². The van der Waals surface area contributed by atoms with E-state index in [0.717, 1.165) is 53.1 Å². The van der Waals surface area contributed by atoms with Gasteiger partial charge in [-0.3, -0.25) is 0 Å². The lowest BCUT2D eigenvalue weighted by Crippen LogP contribution is -2.43. The molecule has 1 aliphatic heterocycles. The molecule has 1 saturated carbocycles. The van der Waals surface area contributed by atoms with Crippen LogP contribution in [-0.2, 0) is 0 Å². The molecule has 2 fully saturated rings. The van der Waals surface area contributed by atoms with Crippen LogP contribution in [0.25, 0.3) is 21.8 Å². The maximum absolute atomic E-state index is 13.5. The molecule has 5 rings (SSSR count). The number of piperazine rings is 1. The minimum absolute atomic E-state index is 0.247. The zero-order valence-electron chi connectivity index (χ0n) is 16.8. The number of nitrogens with zero attached hydrogens (tertiary/aromatic N) is 4. The van der Waals surface area contributed by atoms with Gasteiger partial charge in [-0.1, -0.05) is 24.2 Å². The monoisotopic (exact) mass is 424 g/mol. The van der Waals surface area contributed by atoms with Crippen molar-refractivity contribution in [3.05, 3.63) is 42.3 Å². The number of hydrogen-bond donors (Lipinski definition) is 2. The SMILES string of the molecule is Fc1ccc(-c2nc(N3CCNCC3)sc2-c2ccnc(NC3CCCC3)n2)cc1. The minimum atomic E-state index is -0.247. The van der Waals surface area contributed by atoms with E-state index in [1.165, 1.54) is 37.8 Å². The third-order valence-corrected chi connectivity index (χ3v) is 6.84. The van der Waals surface area contributed by atoms with Gasteiger partial charge in [-0.25, -0.2) is 19.3 Å². The molecule has 156 valence electrons. The normalized spacial score (nSPS) is 17.4. The standard InChI is InChI=1S/C22H25FN6S/c23-16-7-5-15(6-8-16)19-20(30-22(28-19)29-13-11-24-12-14-29)18-9-10-25-21(27-18)26-17-3-1-2-4-17/h5-10,17,24H,1-4,11-14H2,(H,25,26,27). The third kappa shape index (κ3) is 4.15. The highest BCUT2D eigenvalue weighted by atomic mass is 32.1. The molecule has 0 radical (unpaired) electrons. The van der Waals surface area contributed by atoms with Crippen LogP contribution in [0.1, 0.15) is 25.7 Å². The van der Waals surface area contributed by atoms with Crippen LogP contribution in [0, 0.1) is 5.82 Å². The molecule has 3 aromatic rings. The van der Waals surface area contributed by atoms with Gasteiger partial charge in [-0.15, -0.1) is 0 Å². The zero-order valence-corrected chi connectivity index (χ0v) is 17.6. The molecule has 1 aromatic carbocycles. The fourth-order valence-electron chi connectivity index (χ4n) is 4.08. The second-order valence-electron chi connectivity index (χ2n) is 7.81. The first-order chi connectivity index (χ1) is 14.8. The number of benzene rings is 1. The Kier molecular flexibility index (Phi) is 5.59. The van der Waals surface area contributed by atoms with Crippen molar-refractivity contribution in [2.24, 2.45) is 0 Å². The smallest absolute Gasteiger partial charge is 0.223 e. The van der Waals surface area contributed by atoms with E-state index in [-0.39, 0.29) is 5.82 Å². The van der Waals surface area contributed by atoms with Crippen molar-refractivity contribution in [2.45, 2.75) is 31.7 Å². The summed E-state index contributed by atoms with van der Waals surface area (Å²) in [4.78, 5) is 17.5. The van der Waals surface area contributed by atoms with Crippen LogP contribution < -0.4 is 15.5 Å². The van der Waals surface area contributed by atoms with Crippen LogP contribution in [0.4, 0.5) is 15.5 Å². The highest BCUT2D eigenvalue weighted by Gasteiger charge is 2.22. The first-order valence-corrected chi connectivity index (χ1v) is 11.4. The summed E-state index contributed by atoms with van der Waals surface area (Å²) >= 11 is 1.64. The molecule has 3 heterocycles. The Morgan fingerprint density at radius 1 is 1.03 bits per heavy atom. The van der Waals surface area contributed by atoms with Gasteiger partial charge in [0, 0.05) is 44.0 Å². The number of thiazole rings is 1. The number of anilines is 2. The molecular formula is C22H25FN6S. The van der Waals surface area contributed by atoms with Crippen LogP contribution >= 0.6 is 11.3 Å². The fraction of sp³-hybridized carbons (Fsp3) is 0.409. The molecule has 2 aromatic heterocycles. The first kappa shape index (κ1) is 19.4. The van der Waals surface area contributed by atoms with E-state index >= 15 is 0 Å². The van der Waals surface area contributed by atoms with Crippen LogP contribution in [0.3, 0.4) is 0 Å². The fourth-order valence-corrected chi connectivity index (χ4v) is 5.19. The summed E-state index contributed by atoms with van der Waals surface area (Å²) in [5.74, 6) is 0.421. The van der Waals surface area contributed by atoms with Gasteiger partial charge in [0.15, 0.2) is 5.13 Å². The van der Waals surface area contributed by atoms with Gasteiger partial charge in [0.1, 0.15) is 5.82 Å². The van der Waals surface area contributed by atoms with E-state index in [9.17, 15) is 4.39 Å². The van der Waals surface area contributed by atoms with E-state index in [2.05, 4.69) is 20.5 Å². The van der Waals surface area contributed by atoms with Gasteiger partial charge < -0.3 is 15.5 Å². The lowest BCUT2D eigenvalue weighted by Gasteiger charge is -2.26. The van der Waals surface area contributed by atoms with Crippen molar-refractivity contribution in [1.82, 2.24) is 20.3 Å². The van der Waals surface area contributed by atoms with Gasteiger partial charge in [0.25, 0.3) is 0 Å². The lowest BCUT2D eigenvalue weighted by atomic mass is 10.1. The number of hydrogen-bond acceptors (Lipinski definition) is 7. The Balaban J connectivity index is 1.52. The molecule has 30 heavy (non-hydrogen) atoms. The van der Waals surface area contributed by atoms with Crippen molar-refractivity contribution in [3.63, 3.8) is 0 Å². The summed E-state index contributed by atoms with van der Waals surface area (Å²) in [6.45, 7) is 3.75. The van der Waals surface area contributed by atoms with E-state index in [1.807, 2.05) is 6.07 Å². The maximum atomic E-state index is 13.5. The van der Waals surface area contributed by atoms with Crippen molar-refractivity contribution >= 4 is 22.4 Å². The van der Waals surface area contributed by atoms with E-state index in [1.54, 1.807) is 29.7 Å². The molecule has 0 amide bonds. The topological polar surface area (TPSA) is 66.0 Å². The van der Waals surface area contributed by atoms with Crippen molar-refractivity contribution < 1.29 is 4.39 Å². The molecule has 2 N–H and O–H groups in total. The predicted octanol–water partition coefficient (Wildman–Crippen LogP) is 4.17. The van der Waals surface area contributed by atoms with Crippen LogP contribution in [0.2, 0.25) is 0 Å². The summed E-state index contributed by atoms with van der Waals surface area (Å²) in [6, 6.07) is 8.92. The Bertz CT molecular complexity index is 993. The second kappa shape index (κ2) is 8.65. The number of nitrogens with one attached hydrogen (secondary N) is 2. The summed E-state index contributed by atoms with van der Waals surface area (Å²) in [5.41, 5.74) is 2.59. The number of rotatable bonds is 5. The van der Waals surface area contributed by atoms with Crippen LogP contribution in [-0.4, -0.2) is 47.2 Å². The molecule has 0 unspecified atom stereocenters. The van der Waals surface area contributed by atoms with E-state index < -0.39 is 0 Å². The zero-order chi connectivity index (χ0) is 20.3. The van der Waals surface area contributed by atoms with Crippen molar-refractivity contribution in [2.75, 3.05) is 36.4 Å². The van der Waals surface area contributed by atoms with Gasteiger partial charge >= 0.3 is 0 Å². The van der Waals surface area contributed by atoms with Gasteiger partial charge in [0.05, 0.1) is 16.3 Å². The Hall–Kier alpha value is -2.58. The minimum Gasteiger partial charge on any atom is -0.351 e. The summed E-state index contributed by atoms with van der Waals surface area (Å²) < 4.78 is 13.5. The highest BCUT2D eigenvalue weighted by molar-refractivity contribution is 7.19. The maximum Gasteiger partial charge on any atom is 0.223 e. The second-order valence-corrected chi connectivity index (χ2v) is 8.79. The highest BCUT2D eigenvalue weighted by Crippen LogP contribution is 2.40. The molecular weight excluding hydrogens is 399 g/mol. The molecule has 6 nitrogen and oxygen atoms in total. The molecule has 0 bridgehead atoms. The molecule has 1 aliphatic carbocycles. The number of aromatic nitrogens is 3. The average molecular weight is 425 g/mol. The van der Waals surface area contributed by atoms with Crippen LogP contribution in [0.5, 0.6) is 0 Å². The first-order valence-electron chi connectivity index (χ1n) is 10.6. The Morgan fingerprint density at radius 2 is 1.80 bits per heavy atom. The Morgan fingerprint density at radius 3 is 2.57 bits per heavy atom. The lowest BCUT2D eigenvalue weighted by molar-refractivity contribution is 0.588. The van der Waals surface area contributed by atoms with Gasteiger partial charge in [-0.2, -0.15) is 0 Å². The van der Waals surface area contributed by atoms with Gasteiger partial charge in [-0.05, 0) is 43.2 Å². The summed E-state index contributed by atoms with van der Waals surface area (Å²) in [6.07, 6.45) is 6.66. The molecule has 1 saturated heterocycles. The molecule has 2 aliphatic rings. The molecule has 0 atom stereocenters. The third-order valence-electron chi connectivity index (χ3n) is 5.70. The molecule has 0 spiro atoms. The van der Waals surface area contributed by atoms with Crippen molar-refractivity contribution in [3.8, 4) is 21.8 Å².